The van der Waals surface area contributed by atoms with Crippen LogP contribution in [-0.2, 0) is 16.6 Å². The number of ether oxygens (including phenoxy) is 1. The van der Waals surface area contributed by atoms with Crippen LogP contribution >= 0.6 is 0 Å². The van der Waals surface area contributed by atoms with Crippen molar-refractivity contribution in [1.82, 2.24) is 19.5 Å². The van der Waals surface area contributed by atoms with Crippen molar-refractivity contribution in [1.29, 1.82) is 0 Å². The largest absolute Gasteiger partial charge is 0.424 e. The highest BCUT2D eigenvalue weighted by molar-refractivity contribution is 7.89. The predicted molar refractivity (Wildman–Crippen MR) is 132 cm³/mol. The molecule has 0 aliphatic carbocycles. The molecule has 1 atom stereocenters. The van der Waals surface area contributed by atoms with E-state index in [9.17, 15) is 12.8 Å². The molecule has 0 fully saturated rings. The summed E-state index contributed by atoms with van der Waals surface area (Å²) in [6, 6.07) is 24.3. The molecule has 0 radical (unpaired) electrons. The molecule has 1 heterocycles. The first-order valence-corrected chi connectivity index (χ1v) is 13.0. The van der Waals surface area contributed by atoms with Gasteiger partial charge in [-0.1, -0.05) is 65.8 Å². The van der Waals surface area contributed by atoms with Crippen LogP contribution in [0.2, 0.25) is 0 Å². The Bertz CT molecular complexity index is 1310. The van der Waals surface area contributed by atoms with Gasteiger partial charge in [-0.15, -0.1) is 5.10 Å². The first kappa shape index (κ1) is 24.6. The van der Waals surface area contributed by atoms with E-state index in [0.29, 0.717) is 18.1 Å². The molecule has 182 valence electrons. The monoisotopic (exact) mass is 494 g/mol. The van der Waals surface area contributed by atoms with E-state index in [1.54, 1.807) is 11.5 Å². The Kier molecular flexibility index (Phi) is 7.57. The fourth-order valence-electron chi connectivity index (χ4n) is 3.95. The number of sulfonamides is 1. The van der Waals surface area contributed by atoms with Gasteiger partial charge < -0.3 is 4.74 Å². The summed E-state index contributed by atoms with van der Waals surface area (Å²) < 4.78 is 49.9. The third-order valence-electron chi connectivity index (χ3n) is 5.62. The maximum atomic E-state index is 13.3. The molecule has 0 aliphatic rings. The predicted octanol–water partition coefficient (Wildman–Crippen LogP) is 5.04. The highest BCUT2D eigenvalue weighted by Crippen LogP contribution is 2.27. The van der Waals surface area contributed by atoms with Crippen molar-refractivity contribution in [2.24, 2.45) is 0 Å². The van der Waals surface area contributed by atoms with Gasteiger partial charge in [-0.05, 0) is 49.2 Å². The zero-order valence-corrected chi connectivity index (χ0v) is 20.3. The van der Waals surface area contributed by atoms with E-state index in [1.165, 1.54) is 24.3 Å². The lowest BCUT2D eigenvalue weighted by molar-refractivity contribution is 0.407. The number of rotatable bonds is 10. The summed E-state index contributed by atoms with van der Waals surface area (Å²) in [5, 5.41) is 8.24. The molecule has 0 spiro atoms. The molecule has 1 N–H and O–H groups in total. The number of benzene rings is 3. The van der Waals surface area contributed by atoms with E-state index in [4.69, 9.17) is 4.74 Å². The van der Waals surface area contributed by atoms with Crippen LogP contribution in [0.25, 0.3) is 0 Å². The molecule has 0 saturated carbocycles. The molecule has 4 rings (SSSR count). The van der Waals surface area contributed by atoms with Crippen LogP contribution in [0, 0.1) is 5.82 Å². The molecule has 7 nitrogen and oxygen atoms in total. The summed E-state index contributed by atoms with van der Waals surface area (Å²) in [6.07, 6.45) is 0. The van der Waals surface area contributed by atoms with Crippen LogP contribution in [0.4, 0.5) is 4.39 Å². The molecule has 4 aromatic rings. The summed E-state index contributed by atoms with van der Waals surface area (Å²) in [7, 11) is -3.72. The lowest BCUT2D eigenvalue weighted by Gasteiger charge is -2.20. The lowest BCUT2D eigenvalue weighted by atomic mass is 9.93. The van der Waals surface area contributed by atoms with Crippen LogP contribution in [-0.4, -0.2) is 28.9 Å². The van der Waals surface area contributed by atoms with Gasteiger partial charge in [0.25, 0.3) is 0 Å². The first-order valence-electron chi connectivity index (χ1n) is 11.3. The Balaban J connectivity index is 1.54. The third kappa shape index (κ3) is 6.12. The zero-order chi connectivity index (χ0) is 24.8. The molecular formula is C26H27FN4O3S. The molecule has 0 aliphatic heterocycles. The Morgan fingerprint density at radius 1 is 0.914 bits per heavy atom. The Morgan fingerprint density at radius 2 is 1.49 bits per heavy atom. The maximum absolute atomic E-state index is 13.3. The van der Waals surface area contributed by atoms with Crippen molar-refractivity contribution in [3.63, 3.8) is 0 Å². The molecule has 0 unspecified atom stereocenters. The summed E-state index contributed by atoms with van der Waals surface area (Å²) >= 11 is 0. The summed E-state index contributed by atoms with van der Waals surface area (Å²) in [6.45, 7) is 4.06. The molecular weight excluding hydrogens is 467 g/mol. The smallest absolute Gasteiger partial charge is 0.322 e. The topological polar surface area (TPSA) is 86.1 Å². The fraction of sp³-hybridized carbons (Fsp3) is 0.231. The third-order valence-corrected chi connectivity index (χ3v) is 7.10. The molecule has 1 aromatic heterocycles. The molecule has 35 heavy (non-hydrogen) atoms. The number of hydrogen-bond donors (Lipinski definition) is 1. The Labute approximate surface area is 204 Å². The number of halogens is 1. The highest BCUT2D eigenvalue weighted by atomic mass is 32.2. The number of hydrogen-bond acceptors (Lipinski definition) is 5. The van der Waals surface area contributed by atoms with Gasteiger partial charge in [0.05, 0.1) is 11.8 Å². The Hall–Kier alpha value is -3.56. The quantitative estimate of drug-likeness (QED) is 0.334. The van der Waals surface area contributed by atoms with Gasteiger partial charge in [-0.3, -0.25) is 4.57 Å². The van der Waals surface area contributed by atoms with Crippen molar-refractivity contribution >= 4 is 10.0 Å². The number of nitrogens with one attached hydrogen (secondary N) is 1. The average Bonchev–Trinajstić information content (AvgIpc) is 3.27. The van der Waals surface area contributed by atoms with Gasteiger partial charge in [0, 0.05) is 12.5 Å². The SMILES string of the molecule is CCn1c(Oc2ccc(F)cc2)nnc1[C@@H](C)NS(=O)(=O)CC(c1ccccc1)c1ccccc1. The van der Waals surface area contributed by atoms with Gasteiger partial charge in [0.1, 0.15) is 11.6 Å². The van der Waals surface area contributed by atoms with Gasteiger partial charge in [0.2, 0.25) is 10.0 Å². The van der Waals surface area contributed by atoms with Gasteiger partial charge in [0.15, 0.2) is 5.82 Å². The van der Waals surface area contributed by atoms with Crippen molar-refractivity contribution in [3.05, 3.63) is 108 Å². The van der Waals surface area contributed by atoms with Crippen LogP contribution in [0.15, 0.2) is 84.9 Å². The normalized spacial score (nSPS) is 12.6. The minimum Gasteiger partial charge on any atom is -0.424 e. The van der Waals surface area contributed by atoms with Gasteiger partial charge in [-0.25, -0.2) is 17.5 Å². The molecule has 9 heteroatoms. The van der Waals surface area contributed by atoms with E-state index in [-0.39, 0.29) is 23.5 Å². The molecule has 0 saturated heterocycles. The second-order valence-electron chi connectivity index (χ2n) is 8.14. The molecule has 0 amide bonds. The van der Waals surface area contributed by atoms with Crippen LogP contribution < -0.4 is 9.46 Å². The minimum absolute atomic E-state index is 0.120. The Morgan fingerprint density at radius 3 is 2.03 bits per heavy atom. The van der Waals surface area contributed by atoms with Crippen LogP contribution in [0.3, 0.4) is 0 Å². The zero-order valence-electron chi connectivity index (χ0n) is 19.5. The molecule has 3 aromatic carbocycles. The second-order valence-corrected chi connectivity index (χ2v) is 9.93. The van der Waals surface area contributed by atoms with Crippen molar-refractivity contribution in [3.8, 4) is 11.8 Å². The molecule has 0 bridgehead atoms. The standard InChI is InChI=1S/C26H27FN4O3S/c1-3-31-25(28-29-26(31)34-23-16-14-22(27)15-17-23)19(2)30-35(32,33)18-24(20-10-6-4-7-11-20)21-12-8-5-9-13-21/h4-17,19,24,30H,3,18H2,1-2H3/t19-/m1/s1. The van der Waals surface area contributed by atoms with Gasteiger partial charge in [-0.2, -0.15) is 0 Å². The maximum Gasteiger partial charge on any atom is 0.322 e. The minimum atomic E-state index is -3.72. The van der Waals surface area contributed by atoms with Crippen molar-refractivity contribution < 1.29 is 17.5 Å². The second kappa shape index (κ2) is 10.8. The van der Waals surface area contributed by atoms with Crippen LogP contribution in [0.1, 0.15) is 42.8 Å². The highest BCUT2D eigenvalue weighted by Gasteiger charge is 2.27. The van der Waals surface area contributed by atoms with Crippen LogP contribution in [0.5, 0.6) is 11.8 Å². The average molecular weight is 495 g/mol. The van der Waals surface area contributed by atoms with E-state index in [0.717, 1.165) is 11.1 Å². The van der Waals surface area contributed by atoms with E-state index in [1.807, 2.05) is 67.6 Å². The number of nitrogens with zero attached hydrogens (tertiary/aromatic N) is 3. The van der Waals surface area contributed by atoms with Gasteiger partial charge >= 0.3 is 6.01 Å². The number of aromatic nitrogens is 3. The van der Waals surface area contributed by atoms with E-state index >= 15 is 0 Å². The van der Waals surface area contributed by atoms with E-state index in [2.05, 4.69) is 14.9 Å². The van der Waals surface area contributed by atoms with E-state index < -0.39 is 16.1 Å². The summed E-state index contributed by atoms with van der Waals surface area (Å²) in [5.74, 6) is 0.00162. The first-order chi connectivity index (χ1) is 16.9. The fourth-order valence-corrected chi connectivity index (χ4v) is 5.51. The summed E-state index contributed by atoms with van der Waals surface area (Å²) in [4.78, 5) is 0. The van der Waals surface area contributed by atoms with Crippen molar-refractivity contribution in [2.45, 2.75) is 32.4 Å². The van der Waals surface area contributed by atoms with Crippen molar-refractivity contribution in [2.75, 3.05) is 5.75 Å². The summed E-state index contributed by atoms with van der Waals surface area (Å²) in [5.41, 5.74) is 1.84. The lowest BCUT2D eigenvalue weighted by Crippen LogP contribution is -2.33.